The second-order valence-corrected chi connectivity index (χ2v) is 8.13. The molecule has 2 saturated heterocycles. The highest BCUT2D eigenvalue weighted by atomic mass is 32.2. The number of carbonyl (C=O) groups excluding carboxylic acids is 1. The lowest BCUT2D eigenvalue weighted by atomic mass is 10.2. The maximum Gasteiger partial charge on any atom is 0.243 e. The predicted molar refractivity (Wildman–Crippen MR) is 87.5 cm³/mol. The summed E-state index contributed by atoms with van der Waals surface area (Å²) in [7, 11) is -3.47. The molecule has 1 N–H and O–H groups in total. The number of rotatable bonds is 3. The van der Waals surface area contributed by atoms with E-state index in [9.17, 15) is 13.2 Å². The van der Waals surface area contributed by atoms with Crippen molar-refractivity contribution in [2.45, 2.75) is 30.7 Å². The predicted octanol–water partition coefficient (Wildman–Crippen LogP) is 0.580. The zero-order valence-electron chi connectivity index (χ0n) is 13.4. The van der Waals surface area contributed by atoms with Gasteiger partial charge in [0.05, 0.1) is 10.9 Å². The molecule has 7 heteroatoms. The number of nitrogens with one attached hydrogen (secondary N) is 1. The Morgan fingerprint density at radius 1 is 1.13 bits per heavy atom. The largest absolute Gasteiger partial charge is 0.339 e. The van der Waals surface area contributed by atoms with Crippen LogP contribution in [0.2, 0.25) is 0 Å². The van der Waals surface area contributed by atoms with Crippen LogP contribution >= 0.6 is 0 Å². The average molecular weight is 337 g/mol. The monoisotopic (exact) mass is 337 g/mol. The fraction of sp³-hybridized carbons (Fsp3) is 0.562. The van der Waals surface area contributed by atoms with Gasteiger partial charge >= 0.3 is 0 Å². The number of hydrogen-bond acceptors (Lipinski definition) is 4. The van der Waals surface area contributed by atoms with Gasteiger partial charge in [0.1, 0.15) is 0 Å². The Balaban J connectivity index is 1.64. The first-order valence-corrected chi connectivity index (χ1v) is 9.51. The summed E-state index contributed by atoms with van der Waals surface area (Å²) in [4.78, 5) is 14.5. The Bertz CT molecular complexity index is 658. The number of sulfonamides is 1. The van der Waals surface area contributed by atoms with Gasteiger partial charge in [-0.05, 0) is 38.4 Å². The summed E-state index contributed by atoms with van der Waals surface area (Å²) in [6.45, 7) is 4.45. The number of benzene rings is 1. The van der Waals surface area contributed by atoms with Crippen LogP contribution in [-0.2, 0) is 14.8 Å². The van der Waals surface area contributed by atoms with Crippen molar-refractivity contribution in [3.05, 3.63) is 29.8 Å². The Labute approximate surface area is 137 Å². The molecule has 0 aliphatic carbocycles. The van der Waals surface area contributed by atoms with Gasteiger partial charge in [-0.25, -0.2) is 8.42 Å². The highest BCUT2D eigenvalue weighted by Gasteiger charge is 2.33. The molecule has 0 bridgehead atoms. The van der Waals surface area contributed by atoms with Gasteiger partial charge in [-0.3, -0.25) is 4.79 Å². The van der Waals surface area contributed by atoms with Gasteiger partial charge in [0.2, 0.25) is 15.9 Å². The van der Waals surface area contributed by atoms with E-state index in [1.165, 1.54) is 4.31 Å². The Morgan fingerprint density at radius 3 is 2.35 bits per heavy atom. The minimum absolute atomic E-state index is 0.0877. The van der Waals surface area contributed by atoms with Gasteiger partial charge < -0.3 is 10.2 Å². The van der Waals surface area contributed by atoms with E-state index in [2.05, 4.69) is 5.32 Å². The second-order valence-electron chi connectivity index (χ2n) is 6.19. The zero-order chi connectivity index (χ0) is 16.4. The van der Waals surface area contributed by atoms with E-state index in [4.69, 9.17) is 0 Å². The van der Waals surface area contributed by atoms with Gasteiger partial charge in [0.25, 0.3) is 0 Å². The standard InChI is InChI=1S/C16H23N3O3S/c1-13-4-6-14(7-5-13)23(21,22)19-11-9-18(10-12-19)16(20)15-3-2-8-17-15/h4-7,15,17H,2-3,8-12H2,1H3. The molecule has 0 aromatic heterocycles. The lowest BCUT2D eigenvalue weighted by Crippen LogP contribution is -2.54. The minimum Gasteiger partial charge on any atom is -0.339 e. The van der Waals surface area contributed by atoms with Crippen LogP contribution in [0.15, 0.2) is 29.2 Å². The zero-order valence-corrected chi connectivity index (χ0v) is 14.2. The van der Waals surface area contributed by atoms with Crippen LogP contribution in [0.25, 0.3) is 0 Å². The molecule has 6 nitrogen and oxygen atoms in total. The molecular weight excluding hydrogens is 314 g/mol. The van der Waals surface area contributed by atoms with E-state index in [0.29, 0.717) is 31.1 Å². The number of nitrogens with zero attached hydrogens (tertiary/aromatic N) is 2. The molecule has 0 saturated carbocycles. The maximum absolute atomic E-state index is 12.6. The molecule has 1 aromatic carbocycles. The third kappa shape index (κ3) is 3.41. The van der Waals surface area contributed by atoms with Crippen LogP contribution in [-0.4, -0.2) is 62.3 Å². The summed E-state index contributed by atoms with van der Waals surface area (Å²) in [6, 6.07) is 6.81. The van der Waals surface area contributed by atoms with Crippen molar-refractivity contribution in [1.29, 1.82) is 0 Å². The number of piperazine rings is 1. The fourth-order valence-electron chi connectivity index (χ4n) is 3.12. The summed E-state index contributed by atoms with van der Waals surface area (Å²) >= 11 is 0. The van der Waals surface area contributed by atoms with E-state index < -0.39 is 10.0 Å². The van der Waals surface area contributed by atoms with Crippen molar-refractivity contribution in [3.8, 4) is 0 Å². The quantitative estimate of drug-likeness (QED) is 0.876. The molecule has 3 rings (SSSR count). The summed E-state index contributed by atoms with van der Waals surface area (Å²) in [5.41, 5.74) is 1.03. The fourth-order valence-corrected chi connectivity index (χ4v) is 4.55. The topological polar surface area (TPSA) is 69.7 Å². The number of hydrogen-bond donors (Lipinski definition) is 1. The minimum atomic E-state index is -3.47. The lowest BCUT2D eigenvalue weighted by molar-refractivity contribution is -0.134. The Hall–Kier alpha value is -1.44. The van der Waals surface area contributed by atoms with E-state index in [0.717, 1.165) is 24.9 Å². The highest BCUT2D eigenvalue weighted by molar-refractivity contribution is 7.89. The molecule has 0 radical (unpaired) electrons. The molecule has 2 heterocycles. The molecule has 1 unspecified atom stereocenters. The first-order chi connectivity index (χ1) is 11.0. The van der Waals surface area contributed by atoms with Crippen molar-refractivity contribution in [1.82, 2.24) is 14.5 Å². The van der Waals surface area contributed by atoms with Crippen molar-refractivity contribution in [2.75, 3.05) is 32.7 Å². The van der Waals surface area contributed by atoms with E-state index in [1.54, 1.807) is 29.2 Å². The first-order valence-electron chi connectivity index (χ1n) is 8.07. The van der Waals surface area contributed by atoms with Gasteiger partial charge in [-0.15, -0.1) is 0 Å². The molecule has 2 aliphatic heterocycles. The summed E-state index contributed by atoms with van der Waals surface area (Å²) in [6.07, 6.45) is 1.90. The molecule has 2 aliphatic rings. The third-order valence-corrected chi connectivity index (χ3v) is 6.48. The highest BCUT2D eigenvalue weighted by Crippen LogP contribution is 2.19. The molecule has 1 atom stereocenters. The van der Waals surface area contributed by atoms with Crippen LogP contribution in [0, 0.1) is 6.92 Å². The summed E-state index contributed by atoms with van der Waals surface area (Å²) < 4.78 is 26.8. The number of carbonyl (C=O) groups is 1. The maximum atomic E-state index is 12.6. The van der Waals surface area contributed by atoms with Gasteiger partial charge in [0, 0.05) is 26.2 Å². The Morgan fingerprint density at radius 2 is 1.78 bits per heavy atom. The van der Waals surface area contributed by atoms with Gasteiger partial charge in [-0.1, -0.05) is 17.7 Å². The van der Waals surface area contributed by atoms with Crippen molar-refractivity contribution < 1.29 is 13.2 Å². The SMILES string of the molecule is Cc1ccc(S(=O)(=O)N2CCN(C(=O)C3CCCN3)CC2)cc1. The van der Waals surface area contributed by atoms with E-state index in [1.807, 2.05) is 6.92 Å². The van der Waals surface area contributed by atoms with Crippen molar-refractivity contribution in [3.63, 3.8) is 0 Å². The van der Waals surface area contributed by atoms with Crippen LogP contribution in [0.5, 0.6) is 0 Å². The number of aryl methyl sites for hydroxylation is 1. The molecule has 1 aromatic rings. The smallest absolute Gasteiger partial charge is 0.243 e. The van der Waals surface area contributed by atoms with Gasteiger partial charge in [-0.2, -0.15) is 4.31 Å². The second kappa shape index (κ2) is 6.59. The lowest BCUT2D eigenvalue weighted by Gasteiger charge is -2.35. The third-order valence-electron chi connectivity index (χ3n) is 4.57. The average Bonchev–Trinajstić information content (AvgIpc) is 3.09. The first kappa shape index (κ1) is 16.4. The van der Waals surface area contributed by atoms with E-state index >= 15 is 0 Å². The van der Waals surface area contributed by atoms with E-state index in [-0.39, 0.29) is 11.9 Å². The van der Waals surface area contributed by atoms with Crippen molar-refractivity contribution >= 4 is 15.9 Å². The Kier molecular flexibility index (Phi) is 4.70. The normalized spacial score (nSPS) is 23.2. The molecule has 1 amide bonds. The van der Waals surface area contributed by atoms with Crippen LogP contribution in [0.1, 0.15) is 18.4 Å². The number of amides is 1. The molecule has 23 heavy (non-hydrogen) atoms. The van der Waals surface area contributed by atoms with Gasteiger partial charge in [0.15, 0.2) is 0 Å². The summed E-state index contributed by atoms with van der Waals surface area (Å²) in [5.74, 6) is 0.106. The molecule has 2 fully saturated rings. The van der Waals surface area contributed by atoms with Crippen LogP contribution < -0.4 is 5.32 Å². The molecular formula is C16H23N3O3S. The van der Waals surface area contributed by atoms with Crippen LogP contribution in [0.4, 0.5) is 0 Å². The van der Waals surface area contributed by atoms with Crippen molar-refractivity contribution in [2.24, 2.45) is 0 Å². The summed E-state index contributed by atoms with van der Waals surface area (Å²) in [5, 5.41) is 3.20. The van der Waals surface area contributed by atoms with Crippen LogP contribution in [0.3, 0.4) is 0 Å². The molecule has 0 spiro atoms. The molecule has 126 valence electrons.